The molecule has 38 heavy (non-hydrogen) atoms. The van der Waals surface area contributed by atoms with Gasteiger partial charge >= 0.3 is 6.18 Å². The minimum atomic E-state index is -4.39. The summed E-state index contributed by atoms with van der Waals surface area (Å²) in [6.07, 6.45) is -1.42. The topological polar surface area (TPSA) is 52.7 Å². The molecule has 0 bridgehead atoms. The SMILES string of the molecule is CCc1cn(C(C)c2nc3ccccc3c(=O)n2-c2ccc(C)cc2)c(Cc2ccc(C(F)(F)F)cc2)n1. The molecule has 1 atom stereocenters. The molecule has 5 rings (SSSR count). The van der Waals surface area contributed by atoms with Gasteiger partial charge in [0.1, 0.15) is 11.6 Å². The van der Waals surface area contributed by atoms with Crippen LogP contribution in [0.5, 0.6) is 0 Å². The Hall–Kier alpha value is -4.20. The lowest BCUT2D eigenvalue weighted by molar-refractivity contribution is -0.137. The predicted octanol–water partition coefficient (Wildman–Crippen LogP) is 6.67. The molecule has 0 saturated heterocycles. The number of nitrogens with zero attached hydrogens (tertiary/aromatic N) is 4. The maximum absolute atomic E-state index is 13.7. The second kappa shape index (κ2) is 9.93. The molecule has 3 aromatic carbocycles. The van der Waals surface area contributed by atoms with Crippen molar-refractivity contribution in [1.82, 2.24) is 19.1 Å². The van der Waals surface area contributed by atoms with E-state index in [0.29, 0.717) is 46.6 Å². The predicted molar refractivity (Wildman–Crippen MR) is 142 cm³/mol. The molecule has 0 radical (unpaired) electrons. The van der Waals surface area contributed by atoms with Crippen molar-refractivity contribution in [3.05, 3.63) is 123 Å². The molecule has 0 spiro atoms. The first-order valence-corrected chi connectivity index (χ1v) is 12.5. The smallest absolute Gasteiger partial charge is 0.324 e. The van der Waals surface area contributed by atoms with Gasteiger partial charge in [-0.05, 0) is 62.2 Å². The molecule has 5 aromatic rings. The lowest BCUT2D eigenvalue weighted by Crippen LogP contribution is -2.27. The number of fused-ring (bicyclic) bond motifs is 1. The van der Waals surface area contributed by atoms with Gasteiger partial charge < -0.3 is 4.57 Å². The second-order valence-corrected chi connectivity index (χ2v) is 9.42. The van der Waals surface area contributed by atoms with Gasteiger partial charge in [-0.2, -0.15) is 13.2 Å². The summed E-state index contributed by atoms with van der Waals surface area (Å²) in [5.74, 6) is 1.23. The fourth-order valence-corrected chi connectivity index (χ4v) is 4.62. The van der Waals surface area contributed by atoms with E-state index in [1.54, 1.807) is 10.6 Å². The monoisotopic (exact) mass is 516 g/mol. The van der Waals surface area contributed by atoms with E-state index in [2.05, 4.69) is 0 Å². The quantitative estimate of drug-likeness (QED) is 0.253. The van der Waals surface area contributed by atoms with E-state index in [0.717, 1.165) is 23.4 Å². The highest BCUT2D eigenvalue weighted by Crippen LogP contribution is 2.30. The molecule has 0 N–H and O–H groups in total. The third-order valence-corrected chi connectivity index (χ3v) is 6.75. The van der Waals surface area contributed by atoms with Crippen LogP contribution < -0.4 is 5.56 Å². The number of aromatic nitrogens is 4. The summed E-state index contributed by atoms with van der Waals surface area (Å²) in [5, 5.41) is 0.522. The summed E-state index contributed by atoms with van der Waals surface area (Å²) in [7, 11) is 0. The van der Waals surface area contributed by atoms with E-state index < -0.39 is 11.7 Å². The molecule has 0 aliphatic heterocycles. The third kappa shape index (κ3) is 4.86. The van der Waals surface area contributed by atoms with Gasteiger partial charge in [0.2, 0.25) is 0 Å². The Balaban J connectivity index is 1.63. The Kier molecular flexibility index (Phi) is 6.65. The van der Waals surface area contributed by atoms with Crippen molar-refractivity contribution < 1.29 is 13.2 Å². The number of rotatable bonds is 6. The van der Waals surface area contributed by atoms with Gasteiger partial charge in [-0.15, -0.1) is 0 Å². The summed E-state index contributed by atoms with van der Waals surface area (Å²) in [6.45, 7) is 5.94. The first-order valence-electron chi connectivity index (χ1n) is 12.5. The first kappa shape index (κ1) is 25.4. The van der Waals surface area contributed by atoms with Crippen LogP contribution in [0.1, 0.15) is 53.9 Å². The Bertz CT molecular complexity index is 1650. The molecule has 0 fully saturated rings. The van der Waals surface area contributed by atoms with Gasteiger partial charge in [0.15, 0.2) is 0 Å². The summed E-state index contributed by atoms with van der Waals surface area (Å²) >= 11 is 0. The van der Waals surface area contributed by atoms with Gasteiger partial charge in [0.25, 0.3) is 5.56 Å². The van der Waals surface area contributed by atoms with Crippen molar-refractivity contribution in [3.63, 3.8) is 0 Å². The van der Waals surface area contributed by atoms with Crippen LogP contribution in [0.25, 0.3) is 16.6 Å². The molecule has 0 aliphatic rings. The Morgan fingerprint density at radius 3 is 2.26 bits per heavy atom. The molecule has 5 nitrogen and oxygen atoms in total. The van der Waals surface area contributed by atoms with Crippen molar-refractivity contribution in [2.75, 3.05) is 0 Å². The van der Waals surface area contributed by atoms with Gasteiger partial charge in [-0.25, -0.2) is 9.97 Å². The van der Waals surface area contributed by atoms with E-state index >= 15 is 0 Å². The normalized spacial score (nSPS) is 12.7. The number of imidazole rings is 1. The molecule has 0 amide bonds. The van der Waals surface area contributed by atoms with Crippen molar-refractivity contribution in [3.8, 4) is 5.69 Å². The summed E-state index contributed by atoms with van der Waals surface area (Å²) < 4.78 is 42.7. The van der Waals surface area contributed by atoms with Crippen LogP contribution in [0.3, 0.4) is 0 Å². The summed E-state index contributed by atoms with van der Waals surface area (Å²) in [6, 6.07) is 19.7. The Morgan fingerprint density at radius 1 is 0.921 bits per heavy atom. The summed E-state index contributed by atoms with van der Waals surface area (Å²) in [4.78, 5) is 23.4. The number of alkyl halides is 3. The highest BCUT2D eigenvalue weighted by Gasteiger charge is 2.30. The largest absolute Gasteiger partial charge is 0.416 e. The van der Waals surface area contributed by atoms with Crippen molar-refractivity contribution in [2.24, 2.45) is 0 Å². The highest BCUT2D eigenvalue weighted by atomic mass is 19.4. The average Bonchev–Trinajstić information content (AvgIpc) is 3.31. The summed E-state index contributed by atoms with van der Waals surface area (Å²) in [5.41, 5.74) is 3.09. The minimum Gasteiger partial charge on any atom is -0.324 e. The number of hydrogen-bond acceptors (Lipinski definition) is 3. The second-order valence-electron chi connectivity index (χ2n) is 9.42. The molecule has 2 aromatic heterocycles. The average molecular weight is 517 g/mol. The van der Waals surface area contributed by atoms with Crippen LogP contribution in [-0.2, 0) is 19.0 Å². The Morgan fingerprint density at radius 2 is 1.61 bits per heavy atom. The lowest BCUT2D eigenvalue weighted by Gasteiger charge is -2.21. The molecule has 8 heteroatoms. The van der Waals surface area contributed by atoms with Crippen LogP contribution in [0.4, 0.5) is 13.2 Å². The highest BCUT2D eigenvalue weighted by molar-refractivity contribution is 5.77. The molecule has 0 aliphatic carbocycles. The van der Waals surface area contributed by atoms with Gasteiger partial charge in [-0.1, -0.05) is 48.9 Å². The van der Waals surface area contributed by atoms with Crippen LogP contribution in [0.2, 0.25) is 0 Å². The number of para-hydroxylation sites is 1. The van der Waals surface area contributed by atoms with Crippen LogP contribution >= 0.6 is 0 Å². The first-order chi connectivity index (χ1) is 18.2. The van der Waals surface area contributed by atoms with Gasteiger partial charge in [-0.3, -0.25) is 9.36 Å². The lowest BCUT2D eigenvalue weighted by atomic mass is 10.1. The fraction of sp³-hybridized carbons (Fsp3) is 0.233. The standard InChI is InChI=1S/C30H27F3N4O/c1-4-23-18-36(27(34-23)17-21-11-13-22(14-12-21)30(31,32)33)20(3)28-35-26-8-6-5-7-25(26)29(38)37(28)24-15-9-19(2)10-16-24/h5-16,18,20H,4,17H2,1-3H3. The van der Waals surface area contributed by atoms with Crippen LogP contribution in [0, 0.1) is 6.92 Å². The number of aryl methyl sites for hydroxylation is 2. The molecule has 1 unspecified atom stereocenters. The molecular weight excluding hydrogens is 489 g/mol. The van der Waals surface area contributed by atoms with E-state index in [4.69, 9.17) is 9.97 Å². The zero-order chi connectivity index (χ0) is 27.0. The fourth-order valence-electron chi connectivity index (χ4n) is 4.62. The van der Waals surface area contributed by atoms with E-state index in [1.165, 1.54) is 12.1 Å². The van der Waals surface area contributed by atoms with E-state index in [1.807, 2.05) is 74.0 Å². The number of benzene rings is 3. The molecule has 194 valence electrons. The van der Waals surface area contributed by atoms with E-state index in [-0.39, 0.29) is 11.6 Å². The third-order valence-electron chi connectivity index (χ3n) is 6.75. The number of halogens is 3. The van der Waals surface area contributed by atoms with Crippen LogP contribution in [0.15, 0.2) is 83.8 Å². The maximum Gasteiger partial charge on any atom is 0.416 e. The van der Waals surface area contributed by atoms with Crippen molar-refractivity contribution in [1.29, 1.82) is 0 Å². The van der Waals surface area contributed by atoms with Crippen molar-refractivity contribution >= 4 is 10.9 Å². The van der Waals surface area contributed by atoms with Gasteiger partial charge in [0, 0.05) is 12.6 Å². The van der Waals surface area contributed by atoms with Gasteiger partial charge in [0.05, 0.1) is 33.9 Å². The zero-order valence-electron chi connectivity index (χ0n) is 21.3. The molecule has 0 saturated carbocycles. The van der Waals surface area contributed by atoms with Crippen molar-refractivity contribution in [2.45, 2.75) is 45.8 Å². The van der Waals surface area contributed by atoms with Crippen LogP contribution in [-0.4, -0.2) is 19.1 Å². The number of hydrogen-bond donors (Lipinski definition) is 0. The molecular formula is C30H27F3N4O. The Labute approximate surface area is 218 Å². The minimum absolute atomic E-state index is 0.165. The zero-order valence-corrected chi connectivity index (χ0v) is 21.3. The van der Waals surface area contributed by atoms with E-state index in [9.17, 15) is 18.0 Å². The molecule has 2 heterocycles. The maximum atomic E-state index is 13.7.